The molecule has 0 amide bonds. The van der Waals surface area contributed by atoms with Crippen LogP contribution in [0.3, 0.4) is 0 Å². The van der Waals surface area contributed by atoms with Crippen LogP contribution >= 0.6 is 0 Å². The van der Waals surface area contributed by atoms with Crippen molar-refractivity contribution in [3.63, 3.8) is 0 Å². The van der Waals surface area contributed by atoms with Crippen molar-refractivity contribution in [2.24, 2.45) is 5.92 Å². The zero-order valence-electron chi connectivity index (χ0n) is 13.2. The smallest absolute Gasteiger partial charge is 0.0417 e. The lowest BCUT2D eigenvalue weighted by Crippen LogP contribution is -2.37. The maximum Gasteiger partial charge on any atom is 0.0417 e. The molecule has 1 aliphatic heterocycles. The van der Waals surface area contributed by atoms with Gasteiger partial charge in [0.2, 0.25) is 0 Å². The van der Waals surface area contributed by atoms with Gasteiger partial charge in [0.25, 0.3) is 0 Å². The van der Waals surface area contributed by atoms with Crippen LogP contribution in [0.25, 0.3) is 11.3 Å². The lowest BCUT2D eigenvalue weighted by atomic mass is 9.83. The third-order valence-corrected chi connectivity index (χ3v) is 5.12. The summed E-state index contributed by atoms with van der Waals surface area (Å²) in [4.78, 5) is 2.48. The lowest BCUT2D eigenvalue weighted by Gasteiger charge is -2.43. The Morgan fingerprint density at radius 2 is 1.71 bits per heavy atom. The molecule has 0 saturated heterocycles. The topological polar surface area (TPSA) is 3.24 Å². The lowest BCUT2D eigenvalue weighted by molar-refractivity contribution is 0.235. The number of hydrogen-bond acceptors (Lipinski definition) is 1. The van der Waals surface area contributed by atoms with E-state index in [1.54, 1.807) is 0 Å². The maximum atomic E-state index is 4.41. The Kier molecular flexibility index (Phi) is 3.75. The molecule has 110 valence electrons. The highest BCUT2D eigenvalue weighted by Gasteiger charge is 2.31. The molecule has 1 aromatic rings. The first-order chi connectivity index (χ1) is 10.1. The van der Waals surface area contributed by atoms with E-state index in [9.17, 15) is 0 Å². The van der Waals surface area contributed by atoms with Crippen molar-refractivity contribution in [2.75, 3.05) is 0 Å². The monoisotopic (exact) mass is 279 g/mol. The second-order valence-corrected chi connectivity index (χ2v) is 6.48. The molecule has 1 heterocycles. The van der Waals surface area contributed by atoms with E-state index in [1.165, 1.54) is 48.1 Å². The van der Waals surface area contributed by atoms with E-state index in [0.29, 0.717) is 6.04 Å². The molecule has 0 bridgehead atoms. The molecule has 0 unspecified atom stereocenters. The molecular formula is C20H25N. The third-order valence-electron chi connectivity index (χ3n) is 5.12. The van der Waals surface area contributed by atoms with Crippen molar-refractivity contribution in [3.05, 3.63) is 60.3 Å². The minimum absolute atomic E-state index is 0.594. The Morgan fingerprint density at radius 1 is 1.10 bits per heavy atom. The predicted molar refractivity (Wildman–Crippen MR) is 91.5 cm³/mol. The summed E-state index contributed by atoms with van der Waals surface area (Å²) in [5.74, 6) is 0.870. The molecule has 2 aliphatic rings. The van der Waals surface area contributed by atoms with Gasteiger partial charge in [0, 0.05) is 28.6 Å². The summed E-state index contributed by atoms with van der Waals surface area (Å²) in [6.45, 7) is 13.0. The van der Waals surface area contributed by atoms with Crippen LogP contribution in [-0.2, 0) is 0 Å². The Hall–Kier alpha value is -1.76. The zero-order chi connectivity index (χ0) is 15.0. The van der Waals surface area contributed by atoms with Crippen molar-refractivity contribution >= 4 is 11.3 Å². The van der Waals surface area contributed by atoms with Gasteiger partial charge in [-0.15, -0.1) is 0 Å². The number of rotatable bonds is 2. The predicted octanol–water partition coefficient (Wildman–Crippen LogP) is 5.47. The van der Waals surface area contributed by atoms with Gasteiger partial charge in [0.05, 0.1) is 0 Å². The quantitative estimate of drug-likeness (QED) is 0.694. The van der Waals surface area contributed by atoms with Crippen LogP contribution in [0.2, 0.25) is 0 Å². The summed E-state index contributed by atoms with van der Waals surface area (Å²) >= 11 is 0. The first-order valence-corrected chi connectivity index (χ1v) is 8.04. The van der Waals surface area contributed by atoms with Crippen molar-refractivity contribution in [3.8, 4) is 0 Å². The van der Waals surface area contributed by atoms with Crippen LogP contribution in [0, 0.1) is 5.92 Å². The Labute approximate surface area is 128 Å². The number of fused-ring (bicyclic) bond motifs is 1. The van der Waals surface area contributed by atoms with E-state index in [1.807, 2.05) is 6.08 Å². The third kappa shape index (κ3) is 2.35. The van der Waals surface area contributed by atoms with Crippen molar-refractivity contribution in [1.82, 2.24) is 4.90 Å². The van der Waals surface area contributed by atoms with E-state index in [0.717, 1.165) is 11.6 Å². The fraction of sp³-hybridized carbons (Fsp3) is 0.400. The van der Waals surface area contributed by atoms with Gasteiger partial charge in [-0.1, -0.05) is 50.4 Å². The molecule has 0 spiro atoms. The Balaban J connectivity index is 2.03. The molecular weight excluding hydrogens is 254 g/mol. The molecule has 3 rings (SSSR count). The van der Waals surface area contributed by atoms with Gasteiger partial charge >= 0.3 is 0 Å². The molecule has 0 radical (unpaired) electrons. The van der Waals surface area contributed by atoms with Gasteiger partial charge in [-0.05, 0) is 44.1 Å². The van der Waals surface area contributed by atoms with Crippen LogP contribution < -0.4 is 0 Å². The summed E-state index contributed by atoms with van der Waals surface area (Å²) in [6.07, 6.45) is 7.19. The summed E-state index contributed by atoms with van der Waals surface area (Å²) in [5.41, 5.74) is 6.27. The van der Waals surface area contributed by atoms with Gasteiger partial charge in [-0.3, -0.25) is 0 Å². The van der Waals surface area contributed by atoms with Crippen molar-refractivity contribution in [1.29, 1.82) is 0 Å². The molecule has 1 nitrogen and oxygen atoms in total. The second-order valence-electron chi connectivity index (χ2n) is 6.48. The number of hydrogen-bond donors (Lipinski definition) is 0. The molecule has 1 aromatic carbocycles. The minimum Gasteiger partial charge on any atom is -0.342 e. The Bertz CT molecular complexity index is 600. The summed E-state index contributed by atoms with van der Waals surface area (Å²) in [5, 5.41) is 0. The molecule has 21 heavy (non-hydrogen) atoms. The van der Waals surface area contributed by atoms with Gasteiger partial charge < -0.3 is 4.90 Å². The average molecular weight is 279 g/mol. The molecule has 1 fully saturated rings. The van der Waals surface area contributed by atoms with Gasteiger partial charge in [-0.25, -0.2) is 0 Å². The van der Waals surface area contributed by atoms with E-state index < -0.39 is 0 Å². The molecule has 1 saturated carbocycles. The molecule has 1 heteroatoms. The van der Waals surface area contributed by atoms with Crippen molar-refractivity contribution < 1.29 is 0 Å². The van der Waals surface area contributed by atoms with E-state index in [4.69, 9.17) is 0 Å². The summed E-state index contributed by atoms with van der Waals surface area (Å²) in [7, 11) is 0. The SMILES string of the molecule is C=CC1=C(C)N(C2CCC(C)CC2)C(=C)c2ccccc21. The van der Waals surface area contributed by atoms with Gasteiger partial charge in [0.15, 0.2) is 0 Å². The average Bonchev–Trinajstić information content (AvgIpc) is 2.50. The summed E-state index contributed by atoms with van der Waals surface area (Å²) in [6, 6.07) is 9.16. The van der Waals surface area contributed by atoms with Crippen LogP contribution in [0.5, 0.6) is 0 Å². The summed E-state index contributed by atoms with van der Waals surface area (Å²) < 4.78 is 0. The van der Waals surface area contributed by atoms with E-state index in [2.05, 4.69) is 56.2 Å². The fourth-order valence-electron chi connectivity index (χ4n) is 3.88. The molecule has 0 atom stereocenters. The zero-order valence-corrected chi connectivity index (χ0v) is 13.2. The van der Waals surface area contributed by atoms with Crippen LogP contribution in [-0.4, -0.2) is 10.9 Å². The van der Waals surface area contributed by atoms with Crippen LogP contribution in [0.15, 0.2) is 49.2 Å². The molecule has 1 aliphatic carbocycles. The number of nitrogens with zero attached hydrogens (tertiary/aromatic N) is 1. The fourth-order valence-corrected chi connectivity index (χ4v) is 3.88. The standard InChI is InChI=1S/C20H25N/c1-5-18-15(3)21(17-12-10-14(2)11-13-17)16(4)19-8-6-7-9-20(18)19/h5-9,14,17H,1,4,10-13H2,2-3H3. The highest BCUT2D eigenvalue weighted by Crippen LogP contribution is 2.42. The number of allylic oxidation sites excluding steroid dienone is 3. The number of benzene rings is 1. The highest BCUT2D eigenvalue weighted by atomic mass is 15.2. The highest BCUT2D eigenvalue weighted by molar-refractivity contribution is 5.88. The van der Waals surface area contributed by atoms with E-state index >= 15 is 0 Å². The largest absolute Gasteiger partial charge is 0.342 e. The second kappa shape index (κ2) is 5.55. The van der Waals surface area contributed by atoms with E-state index in [-0.39, 0.29) is 0 Å². The normalized spacial score (nSPS) is 25.8. The maximum absolute atomic E-state index is 4.41. The van der Waals surface area contributed by atoms with Crippen LogP contribution in [0.1, 0.15) is 50.7 Å². The first-order valence-electron chi connectivity index (χ1n) is 8.04. The first kappa shape index (κ1) is 14.2. The van der Waals surface area contributed by atoms with Gasteiger partial charge in [0.1, 0.15) is 0 Å². The molecule has 0 N–H and O–H groups in total. The van der Waals surface area contributed by atoms with Crippen molar-refractivity contribution in [2.45, 2.75) is 45.6 Å². The minimum atomic E-state index is 0.594. The van der Waals surface area contributed by atoms with Crippen LogP contribution in [0.4, 0.5) is 0 Å². The molecule has 0 aromatic heterocycles. The Morgan fingerprint density at radius 3 is 2.33 bits per heavy atom. The van der Waals surface area contributed by atoms with Gasteiger partial charge in [-0.2, -0.15) is 0 Å².